The third-order valence-electron chi connectivity index (χ3n) is 5.77. The molecule has 1 aliphatic rings. The average molecular weight is 583 g/mol. The van der Waals surface area contributed by atoms with Crippen molar-refractivity contribution in [3.05, 3.63) is 83.4 Å². The van der Waals surface area contributed by atoms with E-state index in [4.69, 9.17) is 19.4 Å². The molecule has 4 N–H and O–H groups in total. The number of amidine groups is 1. The summed E-state index contributed by atoms with van der Waals surface area (Å²) in [7, 11) is -2.76. The number of aromatic carboxylic acids is 1. The van der Waals surface area contributed by atoms with Crippen LogP contribution in [0.15, 0.2) is 71.8 Å². The molecule has 0 atom stereocenters. The first-order valence-corrected chi connectivity index (χ1v) is 14.1. The van der Waals surface area contributed by atoms with Gasteiger partial charge in [-0.1, -0.05) is 35.6 Å². The largest absolute Gasteiger partial charge is 0.494 e. The molecule has 206 valence electrons. The number of nitrogens with one attached hydrogen (secondary N) is 2. The lowest BCUT2D eigenvalue weighted by atomic mass is 10.1. The molecule has 1 aromatic heterocycles. The summed E-state index contributed by atoms with van der Waals surface area (Å²) in [5, 5.41) is 20.2. The predicted molar refractivity (Wildman–Crippen MR) is 149 cm³/mol. The summed E-state index contributed by atoms with van der Waals surface area (Å²) in [4.78, 5) is 28.6. The minimum absolute atomic E-state index is 0.0500. The topological polar surface area (TPSA) is 174 Å². The van der Waals surface area contributed by atoms with E-state index in [1.54, 1.807) is 35.4 Å². The van der Waals surface area contributed by atoms with E-state index in [1.807, 2.05) is 24.3 Å². The number of thiazole rings is 1. The van der Waals surface area contributed by atoms with Gasteiger partial charge in [0.15, 0.2) is 5.84 Å². The molecule has 0 aliphatic carbocycles. The molecule has 2 heterocycles. The van der Waals surface area contributed by atoms with Gasteiger partial charge in [0.1, 0.15) is 11.4 Å². The number of fused-ring (bicyclic) bond motifs is 1. The number of benzene rings is 3. The van der Waals surface area contributed by atoms with Gasteiger partial charge in [-0.2, -0.15) is 8.42 Å². The Bertz CT molecular complexity index is 1710. The van der Waals surface area contributed by atoms with Gasteiger partial charge in [0.05, 0.1) is 28.6 Å². The minimum atomic E-state index is -4.19. The quantitative estimate of drug-likeness (QED) is 0.214. The number of hydrazone groups is 1. The summed E-state index contributed by atoms with van der Waals surface area (Å²) in [6, 6.07) is 18.5. The number of hydrogen-bond acceptors (Lipinski definition) is 11. The lowest BCUT2D eigenvalue weighted by Crippen LogP contribution is -2.44. The van der Waals surface area contributed by atoms with Gasteiger partial charge < -0.3 is 15.2 Å². The van der Waals surface area contributed by atoms with Crippen LogP contribution in [0.3, 0.4) is 0 Å². The maximum atomic E-state index is 12.4. The van der Waals surface area contributed by atoms with Crippen molar-refractivity contribution in [2.75, 3.05) is 29.6 Å². The van der Waals surface area contributed by atoms with Crippen LogP contribution in [0.2, 0.25) is 0 Å². The fraction of sp³-hybridized carbons (Fsp3) is 0.120. The normalized spacial score (nSPS) is 13.2. The molecule has 0 fully saturated rings. The number of rotatable bonds is 9. The van der Waals surface area contributed by atoms with Crippen LogP contribution in [0, 0.1) is 0 Å². The van der Waals surface area contributed by atoms with E-state index >= 15 is 0 Å². The zero-order valence-corrected chi connectivity index (χ0v) is 22.4. The lowest BCUT2D eigenvalue weighted by Gasteiger charge is -2.26. The van der Waals surface area contributed by atoms with Crippen molar-refractivity contribution in [3.63, 3.8) is 0 Å². The van der Waals surface area contributed by atoms with Gasteiger partial charge in [0.25, 0.3) is 16.0 Å². The second kappa shape index (κ2) is 10.8. The standard InChI is InChI=1S/C25H22N6O7S2/c1-38-20-14-17(24(33)34)10-11-19(20)30-28-22(29-31(30)25-27-18-4-2-3-5-21(18)39-25)15-6-8-16(9-7-15)23(32)26-12-13-40(35,36)37/h2-11,14H,12-13H2,1H3,(H,26,32)(H,28,29)(H,33,34)(H,35,36,37). The van der Waals surface area contributed by atoms with Gasteiger partial charge >= 0.3 is 5.97 Å². The Morgan fingerprint density at radius 1 is 1.07 bits per heavy atom. The van der Waals surface area contributed by atoms with E-state index < -0.39 is 27.7 Å². The van der Waals surface area contributed by atoms with Crippen LogP contribution in [0.25, 0.3) is 10.2 Å². The predicted octanol–water partition coefficient (Wildman–Crippen LogP) is 2.73. The molecule has 4 aromatic rings. The fourth-order valence-electron chi connectivity index (χ4n) is 3.82. The molecule has 5 rings (SSSR count). The van der Waals surface area contributed by atoms with Crippen LogP contribution in [0.4, 0.5) is 10.8 Å². The number of ether oxygens (including phenoxy) is 1. The second-order valence-corrected chi connectivity index (χ2v) is 11.0. The maximum absolute atomic E-state index is 12.4. The number of amides is 1. The fourth-order valence-corrected chi connectivity index (χ4v) is 5.10. The Morgan fingerprint density at radius 3 is 2.48 bits per heavy atom. The van der Waals surface area contributed by atoms with Gasteiger partial charge in [-0.25, -0.2) is 9.78 Å². The monoisotopic (exact) mass is 582 g/mol. The number of carbonyl (C=O) groups is 2. The lowest BCUT2D eigenvalue weighted by molar-refractivity contribution is 0.0696. The molecular formula is C25H22N6O7S2. The number of hydrazine groups is 2. The highest BCUT2D eigenvalue weighted by Gasteiger charge is 2.31. The number of carboxylic acids is 1. The van der Waals surface area contributed by atoms with E-state index in [0.717, 1.165) is 10.2 Å². The van der Waals surface area contributed by atoms with E-state index in [9.17, 15) is 23.1 Å². The van der Waals surface area contributed by atoms with E-state index in [-0.39, 0.29) is 23.4 Å². The van der Waals surface area contributed by atoms with Crippen molar-refractivity contribution < 1.29 is 32.4 Å². The van der Waals surface area contributed by atoms with Gasteiger partial charge in [0.2, 0.25) is 5.13 Å². The Kier molecular flexibility index (Phi) is 7.25. The summed E-state index contributed by atoms with van der Waals surface area (Å²) < 4.78 is 37.0. The Morgan fingerprint density at radius 2 is 1.80 bits per heavy atom. The zero-order valence-electron chi connectivity index (χ0n) is 20.8. The number of para-hydroxylation sites is 1. The van der Waals surface area contributed by atoms with Crippen LogP contribution in [-0.4, -0.2) is 60.2 Å². The number of methoxy groups -OCH3 is 1. The number of carbonyl (C=O) groups excluding carboxylic acids is 1. The molecule has 0 radical (unpaired) electrons. The molecular weight excluding hydrogens is 560 g/mol. The molecule has 0 saturated heterocycles. The first-order chi connectivity index (χ1) is 19.1. The highest BCUT2D eigenvalue weighted by Crippen LogP contribution is 2.36. The van der Waals surface area contributed by atoms with Crippen LogP contribution < -0.4 is 25.7 Å². The van der Waals surface area contributed by atoms with E-state index in [2.05, 4.69) is 10.7 Å². The van der Waals surface area contributed by atoms with Crippen molar-refractivity contribution >= 4 is 60.2 Å². The van der Waals surface area contributed by atoms with Crippen molar-refractivity contribution in [1.29, 1.82) is 0 Å². The van der Waals surface area contributed by atoms with Crippen molar-refractivity contribution in [2.45, 2.75) is 0 Å². The van der Waals surface area contributed by atoms with E-state index in [0.29, 0.717) is 22.2 Å². The third-order valence-corrected chi connectivity index (χ3v) is 7.50. The first-order valence-electron chi connectivity index (χ1n) is 11.7. The van der Waals surface area contributed by atoms with Crippen molar-refractivity contribution in [2.24, 2.45) is 5.10 Å². The maximum Gasteiger partial charge on any atom is 0.335 e. The molecule has 0 saturated carbocycles. The summed E-state index contributed by atoms with van der Waals surface area (Å²) in [5.74, 6) is -1.51. The van der Waals surface area contributed by atoms with Gasteiger partial charge in [-0.15, -0.1) is 15.3 Å². The molecule has 0 bridgehead atoms. The van der Waals surface area contributed by atoms with E-state index in [1.165, 1.54) is 35.7 Å². The summed E-state index contributed by atoms with van der Waals surface area (Å²) in [6.45, 7) is -0.234. The molecule has 3 aromatic carbocycles. The molecule has 0 unspecified atom stereocenters. The first kappa shape index (κ1) is 26.9. The molecule has 1 amide bonds. The third kappa shape index (κ3) is 5.66. The SMILES string of the molecule is COc1cc(C(=O)O)ccc1N1N=C(c2ccc(C(=O)NCCS(=O)(=O)O)cc2)NN1c1nc2ccccc2s1. The highest BCUT2D eigenvalue weighted by atomic mass is 32.2. The number of hydrogen-bond donors (Lipinski definition) is 4. The number of carboxylic acid groups (broad SMARTS) is 1. The highest BCUT2D eigenvalue weighted by molar-refractivity contribution is 7.85. The summed E-state index contributed by atoms with van der Waals surface area (Å²) in [6.07, 6.45) is 0. The van der Waals surface area contributed by atoms with Gasteiger partial charge in [0, 0.05) is 17.7 Å². The molecule has 15 heteroatoms. The Balaban J connectivity index is 1.47. The number of anilines is 2. The molecule has 0 spiro atoms. The smallest absolute Gasteiger partial charge is 0.335 e. The molecule has 40 heavy (non-hydrogen) atoms. The average Bonchev–Trinajstić information content (AvgIpc) is 3.56. The van der Waals surface area contributed by atoms with Gasteiger partial charge in [-0.3, -0.25) is 14.8 Å². The Labute approximate surface area is 232 Å². The molecule has 13 nitrogen and oxygen atoms in total. The Hall–Kier alpha value is -4.73. The molecule has 1 aliphatic heterocycles. The van der Waals surface area contributed by atoms with Crippen LogP contribution in [-0.2, 0) is 10.1 Å². The van der Waals surface area contributed by atoms with Crippen molar-refractivity contribution in [3.8, 4) is 5.75 Å². The summed E-state index contributed by atoms with van der Waals surface area (Å²) >= 11 is 1.42. The van der Waals surface area contributed by atoms with Crippen molar-refractivity contribution in [1.82, 2.24) is 15.7 Å². The van der Waals surface area contributed by atoms with Gasteiger partial charge in [-0.05, 0) is 42.5 Å². The number of nitrogens with zero attached hydrogens (tertiary/aromatic N) is 4. The van der Waals surface area contributed by atoms with Crippen LogP contribution in [0.1, 0.15) is 26.3 Å². The van der Waals surface area contributed by atoms with Crippen LogP contribution >= 0.6 is 11.3 Å². The minimum Gasteiger partial charge on any atom is -0.494 e. The van der Waals surface area contributed by atoms with Crippen LogP contribution in [0.5, 0.6) is 5.75 Å². The zero-order chi connectivity index (χ0) is 28.4. The summed E-state index contributed by atoms with van der Waals surface area (Å²) in [5.41, 5.74) is 5.39. The number of aromatic nitrogens is 1. The second-order valence-electron chi connectivity index (χ2n) is 8.44.